The Morgan fingerprint density at radius 2 is 0.500 bits per heavy atom. The average Bonchev–Trinajstić information content (AvgIpc) is 0. The molecule has 0 aliphatic carbocycles. The smallest absolute Gasteiger partial charge is 0 e. The lowest BCUT2D eigenvalue weighted by Gasteiger charge is -0.0786. The minimum Gasteiger partial charge on any atom is -0.0776 e. The van der Waals surface area contributed by atoms with Gasteiger partial charge in [-0.25, -0.2) is 0 Å². The molecule has 0 spiro atoms. The average molecular weight is 76.3 g/mol. The number of hydrogen-bond acceptors (Lipinski definition) is 0. The van der Waals surface area contributed by atoms with E-state index in [0.29, 0.717) is 0 Å². The molecule has 0 N–H and O–H groups in total. The molecular weight excluding hydrogens is 48.0 g/mol. The molecule has 0 bridgehead atoms. The summed E-state index contributed by atoms with van der Waals surface area (Å²) in [6, 6.07) is 0. The van der Waals surface area contributed by atoms with Crippen molar-refractivity contribution in [2.75, 3.05) is 0 Å². The lowest BCUT2D eigenvalue weighted by atomic mass is 12.0. The minimum atomic E-state index is 0. The highest BCUT2D eigenvalue weighted by molar-refractivity contribution is 2.51. The first kappa shape index (κ1) is 0. The predicted octanol–water partition coefficient (Wildman–Crippen LogP) is 3.53. The van der Waals surface area contributed by atoms with E-state index in [1.54, 1.807) is 0 Å². The van der Waals surface area contributed by atoms with Gasteiger partial charge in [0.1, 0.15) is 0 Å². The first-order valence-electron chi connectivity index (χ1n) is 0. The van der Waals surface area contributed by atoms with Crippen LogP contribution in [0.1, 0.15) is 35.4 Å². The summed E-state index contributed by atoms with van der Waals surface area (Å²) >= 11 is 0. The molecule has 0 rings (SSSR count). The number of hydrogen-bond donors (Lipinski definition) is 0. The topological polar surface area (TPSA) is 0 Å². The van der Waals surface area contributed by atoms with Crippen molar-refractivity contribution in [3.8, 4) is 0 Å². The second-order valence-corrected chi connectivity index (χ2v) is 0. The molecule has 0 saturated carbocycles. The lowest BCUT2D eigenvalue weighted by molar-refractivity contribution is 2.50. The molecule has 0 unspecified atom stereocenters. The van der Waals surface area contributed by atoms with Gasteiger partial charge in [0, 0.05) is 5.71 Å². The highest BCUT2D eigenvalue weighted by Crippen LogP contribution is 0.147. The van der Waals surface area contributed by atoms with E-state index in [1.165, 1.54) is 0 Å². The molecule has 0 heteroatoms. The third-order valence-corrected chi connectivity index (χ3v) is 0. The van der Waals surface area contributed by atoms with Crippen LogP contribution in [0.15, 0.2) is 0 Å². The van der Waals surface area contributed by atoms with Crippen molar-refractivity contribution in [3.05, 3.63) is 0 Å². The summed E-state index contributed by atoms with van der Waals surface area (Å²) in [5, 5.41) is 0. The molecular formula is C4H24. The van der Waals surface area contributed by atoms with Gasteiger partial charge in [0.2, 0.25) is 0 Å². The van der Waals surface area contributed by atoms with Gasteiger partial charge in [0.15, 0.2) is 0 Å². The van der Waals surface area contributed by atoms with Gasteiger partial charge < -0.3 is 0 Å². The Morgan fingerprint density at radius 1 is 0.500 bits per heavy atom. The van der Waals surface area contributed by atoms with E-state index in [4.69, 9.17) is 0 Å². The van der Waals surface area contributed by atoms with Gasteiger partial charge in [-0.3, -0.25) is 0 Å². The molecule has 0 aromatic rings. The standard InChI is InChI=1S/4CH4.4H2/h4*1H4;4*1H/i;;;;4*1+1. The third kappa shape index (κ3) is 0. The van der Waals surface area contributed by atoms with E-state index in [9.17, 15) is 0 Å². The molecule has 0 heterocycles. The Hall–Kier alpha value is 0. The van der Waals surface area contributed by atoms with Gasteiger partial charge in [0.25, 0.3) is 0 Å². The molecule has 0 saturated heterocycles. The van der Waals surface area contributed by atoms with Gasteiger partial charge in [0.05, 0.1) is 0 Å². The maximum Gasteiger partial charge on any atom is 0 e. The molecule has 0 aliphatic rings. The van der Waals surface area contributed by atoms with Crippen molar-refractivity contribution in [3.63, 3.8) is 0 Å². The molecule has 0 aliphatic heterocycles. The Morgan fingerprint density at radius 3 is 0.500 bits per heavy atom. The van der Waals surface area contributed by atoms with Crippen LogP contribution in [0.4, 0.5) is 0 Å². The summed E-state index contributed by atoms with van der Waals surface area (Å²) in [6.45, 7) is 0. The van der Waals surface area contributed by atoms with E-state index in [1.807, 2.05) is 0 Å². The van der Waals surface area contributed by atoms with Gasteiger partial charge in [-0.1, -0.05) is 29.7 Å². The van der Waals surface area contributed by atoms with Crippen LogP contribution in [0.5, 0.6) is 0 Å². The molecule has 0 aromatic heterocycles. The van der Waals surface area contributed by atoms with Crippen molar-refractivity contribution in [1.29, 1.82) is 0 Å². The maximum absolute atomic E-state index is 0. The van der Waals surface area contributed by atoms with Gasteiger partial charge in [-0.2, -0.15) is 0 Å². The first-order chi connectivity index (χ1) is 0. The van der Waals surface area contributed by atoms with Gasteiger partial charge in [-0.15, -0.1) is 0 Å². The quantitative estimate of drug-likeness (QED) is 0.414. The van der Waals surface area contributed by atoms with Crippen molar-refractivity contribution in [1.82, 2.24) is 0 Å². The van der Waals surface area contributed by atoms with Crippen LogP contribution in [0, 0.1) is 0 Å². The molecule has 0 atom stereocenters. The molecule has 0 fully saturated rings. The third-order valence-electron chi connectivity index (χ3n) is 0. The fraction of sp³-hybridized carbons (Fsp3) is 1.00. The predicted molar refractivity (Wildman–Crippen MR) is 35.4 cm³/mol. The van der Waals surface area contributed by atoms with E-state index in [0.717, 1.165) is 0 Å². The second-order valence-electron chi connectivity index (χ2n) is 0. The van der Waals surface area contributed by atoms with E-state index in [2.05, 4.69) is 0 Å². The normalized spacial score (nSPS) is 0. The van der Waals surface area contributed by atoms with E-state index in [-0.39, 0.29) is 35.4 Å². The van der Waals surface area contributed by atoms with Crippen molar-refractivity contribution in [2.45, 2.75) is 29.7 Å². The second kappa shape index (κ2) is 0. The summed E-state index contributed by atoms with van der Waals surface area (Å²) in [7, 11) is 0. The summed E-state index contributed by atoms with van der Waals surface area (Å²) < 4.78 is 0. The Labute approximate surface area is 36.8 Å². The zero-order valence-corrected chi connectivity index (χ0v) is 0. The Bertz CT molecular complexity index is 8.00. The largest absolute Gasteiger partial charge is 0.0776 e. The maximum atomic E-state index is 0. The van der Waals surface area contributed by atoms with E-state index < -0.39 is 0 Å². The van der Waals surface area contributed by atoms with Crippen LogP contribution in [0.3, 0.4) is 0 Å². The van der Waals surface area contributed by atoms with Crippen LogP contribution < -0.4 is 0 Å². The summed E-state index contributed by atoms with van der Waals surface area (Å²) in [5.41, 5.74) is 0. The SMILES string of the molecule is C.C.C.C.[2HH].[2HH].[2HH].[2HH]. The molecule has 0 nitrogen and oxygen atoms in total. The van der Waals surface area contributed by atoms with Crippen LogP contribution in [-0.2, 0) is 0 Å². The summed E-state index contributed by atoms with van der Waals surface area (Å²) in [5.74, 6) is 0. The van der Waals surface area contributed by atoms with Crippen molar-refractivity contribution in [2.24, 2.45) is 0 Å². The lowest BCUT2D eigenvalue weighted by Crippen LogP contribution is 0.143. The van der Waals surface area contributed by atoms with Crippen molar-refractivity contribution >= 4 is 0 Å². The fourth-order valence-electron chi connectivity index (χ4n) is 0. The monoisotopic (exact) mass is 76.2 g/mol. The van der Waals surface area contributed by atoms with Crippen molar-refractivity contribution < 1.29 is 5.71 Å². The highest BCUT2D eigenvalue weighted by atomic mass is 12.0. The molecule has 0 amide bonds. The van der Waals surface area contributed by atoms with Crippen LogP contribution in [-0.4, -0.2) is 0 Å². The minimum absolute atomic E-state index is 0. The van der Waals surface area contributed by atoms with Gasteiger partial charge >= 0.3 is 0 Å². The van der Waals surface area contributed by atoms with Crippen LogP contribution in [0.25, 0.3) is 0 Å². The zero-order valence-electron chi connectivity index (χ0n) is 0. The molecule has 0 radical (unpaired) electrons. The number of rotatable bonds is 0. The fourth-order valence-corrected chi connectivity index (χ4v) is 0. The Balaban J connectivity index is 0. The van der Waals surface area contributed by atoms with E-state index >= 15 is 0 Å². The Kier molecular flexibility index (Phi) is 0. The zero-order chi connectivity index (χ0) is 0. The highest BCUT2D eigenvalue weighted by Gasteiger charge is -0.0746. The molecule has 40 valence electrons. The van der Waals surface area contributed by atoms with Crippen LogP contribution in [0.2, 0.25) is 0 Å². The van der Waals surface area contributed by atoms with Crippen LogP contribution >= 0.6 is 0 Å². The molecule has 4 heavy (non-hydrogen) atoms. The summed E-state index contributed by atoms with van der Waals surface area (Å²) in [4.78, 5) is 0. The van der Waals surface area contributed by atoms with Gasteiger partial charge in [-0.05, 0) is 0 Å². The summed E-state index contributed by atoms with van der Waals surface area (Å²) in [6.07, 6.45) is 0. The first-order valence-corrected chi connectivity index (χ1v) is 0. The molecule has 0 aromatic carbocycles.